The van der Waals surface area contributed by atoms with Crippen LogP contribution in [0.5, 0.6) is 0 Å². The molecule has 0 bridgehead atoms. The van der Waals surface area contributed by atoms with Gasteiger partial charge in [0.05, 0.1) is 0 Å². The number of hydrogen-bond donors (Lipinski definition) is 0. The molecule has 0 spiro atoms. The molecule has 136 valence electrons. The first kappa shape index (κ1) is 16.7. The summed E-state index contributed by atoms with van der Waals surface area (Å²) in [6.45, 7) is 3.50. The van der Waals surface area contributed by atoms with Gasteiger partial charge in [0.25, 0.3) is 5.91 Å². The molecule has 2 aromatic rings. The second-order valence-electron chi connectivity index (χ2n) is 6.81. The van der Waals surface area contributed by atoms with E-state index < -0.39 is 16.9 Å². The highest BCUT2D eigenvalue weighted by Gasteiger charge is 2.41. The van der Waals surface area contributed by atoms with Gasteiger partial charge in [-0.3, -0.25) is 19.0 Å². The number of amides is 1. The molecule has 8 heteroatoms. The Balaban J connectivity index is 1.66. The van der Waals surface area contributed by atoms with Gasteiger partial charge < -0.3 is 4.90 Å². The molecule has 3 heterocycles. The summed E-state index contributed by atoms with van der Waals surface area (Å²) in [6.07, 6.45) is 0.717. The lowest BCUT2D eigenvalue weighted by Gasteiger charge is -2.34. The fourth-order valence-electron chi connectivity index (χ4n) is 3.95. The van der Waals surface area contributed by atoms with E-state index in [9.17, 15) is 18.8 Å². The average Bonchev–Trinajstić information content (AvgIpc) is 3.02. The minimum atomic E-state index is -0.609. The van der Waals surface area contributed by atoms with E-state index in [4.69, 9.17) is 0 Å². The zero-order valence-corrected chi connectivity index (χ0v) is 14.4. The van der Waals surface area contributed by atoms with Gasteiger partial charge >= 0.3 is 11.1 Å². The largest absolute Gasteiger partial charge is 0.338 e. The van der Waals surface area contributed by atoms with Gasteiger partial charge in [-0.2, -0.15) is 5.10 Å². The monoisotopic (exact) mass is 358 g/mol. The number of halogens is 1. The van der Waals surface area contributed by atoms with E-state index in [2.05, 4.69) is 5.10 Å². The molecule has 26 heavy (non-hydrogen) atoms. The predicted molar refractivity (Wildman–Crippen MR) is 91.6 cm³/mol. The molecule has 0 aliphatic carbocycles. The Kier molecular flexibility index (Phi) is 3.97. The van der Waals surface area contributed by atoms with Gasteiger partial charge in [-0.15, -0.1) is 0 Å². The van der Waals surface area contributed by atoms with E-state index in [1.165, 1.54) is 27.4 Å². The van der Waals surface area contributed by atoms with E-state index in [-0.39, 0.29) is 17.7 Å². The van der Waals surface area contributed by atoms with Crippen molar-refractivity contribution in [3.05, 3.63) is 62.2 Å². The number of nitrogens with zero attached hydrogens (tertiary/aromatic N) is 4. The molecule has 4 rings (SSSR count). The van der Waals surface area contributed by atoms with Crippen molar-refractivity contribution in [2.24, 2.45) is 5.92 Å². The number of benzene rings is 1. The Morgan fingerprint density at radius 3 is 2.81 bits per heavy atom. The third kappa shape index (κ3) is 2.56. The lowest BCUT2D eigenvalue weighted by atomic mass is 9.87. The number of piperidine rings is 1. The highest BCUT2D eigenvalue weighted by atomic mass is 19.1. The van der Waals surface area contributed by atoms with E-state index >= 15 is 0 Å². The first-order valence-corrected chi connectivity index (χ1v) is 8.76. The number of rotatable bonds is 2. The van der Waals surface area contributed by atoms with Gasteiger partial charge in [0.2, 0.25) is 0 Å². The Morgan fingerprint density at radius 1 is 1.27 bits per heavy atom. The number of aromatic nitrogens is 3. The van der Waals surface area contributed by atoms with Crippen LogP contribution in [0.25, 0.3) is 0 Å². The molecule has 2 aliphatic rings. The van der Waals surface area contributed by atoms with E-state index in [0.29, 0.717) is 37.6 Å². The van der Waals surface area contributed by atoms with Crippen molar-refractivity contribution >= 4 is 5.91 Å². The van der Waals surface area contributed by atoms with Crippen LogP contribution in [0.4, 0.5) is 4.39 Å². The summed E-state index contributed by atoms with van der Waals surface area (Å²) in [5.74, 6) is -0.0193. The first-order chi connectivity index (χ1) is 12.5. The maximum absolute atomic E-state index is 13.4. The summed E-state index contributed by atoms with van der Waals surface area (Å²) < 4.78 is 16.1. The van der Waals surface area contributed by atoms with Crippen molar-refractivity contribution < 1.29 is 9.18 Å². The summed E-state index contributed by atoms with van der Waals surface area (Å²) in [4.78, 5) is 38.7. The summed E-state index contributed by atoms with van der Waals surface area (Å²) in [5.41, 5.74) is -0.845. The van der Waals surface area contributed by atoms with E-state index in [1.807, 2.05) is 0 Å². The molecule has 0 unspecified atom stereocenters. The van der Waals surface area contributed by atoms with Gasteiger partial charge in [0.15, 0.2) is 0 Å². The number of fused-ring (bicyclic) bond motifs is 3. The van der Waals surface area contributed by atoms with Crippen molar-refractivity contribution in [1.29, 1.82) is 0 Å². The van der Waals surface area contributed by atoms with Crippen LogP contribution in [0.15, 0.2) is 33.9 Å². The SMILES string of the molecule is CCn1nc2n(c(=O)c1=O)C[C@H]1CCN(C(=O)c3cccc(F)c3)C[C@H]21. The van der Waals surface area contributed by atoms with E-state index in [1.54, 1.807) is 17.9 Å². The second-order valence-corrected chi connectivity index (χ2v) is 6.81. The normalized spacial score (nSPS) is 21.4. The predicted octanol–water partition coefficient (Wildman–Crippen LogP) is 0.823. The summed E-state index contributed by atoms with van der Waals surface area (Å²) in [6, 6.07) is 5.64. The average molecular weight is 358 g/mol. The van der Waals surface area contributed by atoms with Gasteiger partial charge in [0.1, 0.15) is 11.6 Å². The maximum atomic E-state index is 13.4. The highest BCUT2D eigenvalue weighted by molar-refractivity contribution is 5.94. The molecule has 1 aromatic heterocycles. The molecule has 0 radical (unpaired) electrons. The second kappa shape index (κ2) is 6.19. The molecular formula is C18H19FN4O3. The smallest absolute Gasteiger partial charge is 0.332 e. The van der Waals surface area contributed by atoms with Crippen molar-refractivity contribution in [3.8, 4) is 0 Å². The summed E-state index contributed by atoms with van der Waals surface area (Å²) in [7, 11) is 0. The standard InChI is InChI=1S/C18H19FN4O3/c1-2-23-18(26)17(25)22-9-12-6-7-21(10-14(12)15(22)20-23)16(24)11-4-3-5-13(19)8-11/h3-5,8,12,14H,2,6-7,9-10H2,1H3/t12-,14+/m1/s1. The zero-order chi connectivity index (χ0) is 18.4. The van der Waals surface area contributed by atoms with Gasteiger partial charge in [-0.25, -0.2) is 9.07 Å². The molecule has 0 saturated carbocycles. The number of carbonyl (C=O) groups is 1. The quantitative estimate of drug-likeness (QED) is 0.745. The third-order valence-corrected chi connectivity index (χ3v) is 5.33. The van der Waals surface area contributed by atoms with Gasteiger partial charge in [-0.1, -0.05) is 6.07 Å². The summed E-state index contributed by atoms with van der Waals surface area (Å²) >= 11 is 0. The molecule has 7 nitrogen and oxygen atoms in total. The lowest BCUT2D eigenvalue weighted by molar-refractivity contribution is 0.0667. The zero-order valence-electron chi connectivity index (χ0n) is 14.4. The maximum Gasteiger partial charge on any atom is 0.332 e. The number of hydrogen-bond acceptors (Lipinski definition) is 4. The molecule has 1 saturated heterocycles. The Hall–Kier alpha value is -2.77. The van der Waals surface area contributed by atoms with Crippen molar-refractivity contribution in [2.75, 3.05) is 13.1 Å². The van der Waals surface area contributed by atoms with Crippen molar-refractivity contribution in [2.45, 2.75) is 32.4 Å². The molecule has 2 aliphatic heterocycles. The minimum Gasteiger partial charge on any atom is -0.338 e. The van der Waals surface area contributed by atoms with Crippen LogP contribution in [0.3, 0.4) is 0 Å². The number of carbonyl (C=O) groups excluding carboxylic acids is 1. The Morgan fingerprint density at radius 2 is 2.08 bits per heavy atom. The van der Waals surface area contributed by atoms with Crippen LogP contribution < -0.4 is 11.1 Å². The topological polar surface area (TPSA) is 77.2 Å². The van der Waals surface area contributed by atoms with Crippen LogP contribution in [-0.2, 0) is 13.1 Å². The van der Waals surface area contributed by atoms with Crippen LogP contribution in [0.1, 0.15) is 35.4 Å². The Bertz CT molecular complexity index is 997. The fourth-order valence-corrected chi connectivity index (χ4v) is 3.95. The van der Waals surface area contributed by atoms with Crippen molar-refractivity contribution in [1.82, 2.24) is 19.2 Å². The Labute approximate surface area is 148 Å². The fraction of sp³-hybridized carbons (Fsp3) is 0.444. The number of likely N-dealkylation sites (tertiary alicyclic amines) is 1. The summed E-state index contributed by atoms with van der Waals surface area (Å²) in [5, 5.41) is 4.37. The van der Waals surface area contributed by atoms with Crippen LogP contribution in [0, 0.1) is 11.7 Å². The van der Waals surface area contributed by atoms with Crippen LogP contribution in [-0.4, -0.2) is 38.2 Å². The molecule has 1 aromatic carbocycles. The highest BCUT2D eigenvalue weighted by Crippen LogP contribution is 2.37. The van der Waals surface area contributed by atoms with Gasteiger partial charge in [-0.05, 0) is 37.5 Å². The first-order valence-electron chi connectivity index (χ1n) is 8.76. The van der Waals surface area contributed by atoms with Gasteiger partial charge in [0, 0.05) is 37.7 Å². The van der Waals surface area contributed by atoms with Crippen LogP contribution in [0.2, 0.25) is 0 Å². The van der Waals surface area contributed by atoms with E-state index in [0.717, 1.165) is 6.42 Å². The van der Waals surface area contributed by atoms with Crippen molar-refractivity contribution in [3.63, 3.8) is 0 Å². The lowest BCUT2D eigenvalue weighted by Crippen LogP contribution is -2.44. The molecule has 0 N–H and O–H groups in total. The molecular weight excluding hydrogens is 339 g/mol. The molecule has 2 atom stereocenters. The molecule has 1 fully saturated rings. The third-order valence-electron chi connectivity index (χ3n) is 5.33. The number of aryl methyl sites for hydroxylation is 1. The minimum absolute atomic E-state index is 0.0904. The van der Waals surface area contributed by atoms with Crippen LogP contribution >= 0.6 is 0 Å². The molecule has 1 amide bonds.